The SMILES string of the molecule is COC(=O)C(Nc1ncc(-c2ccccc2)nc1Cc1ccccc1)P(C)(C)=O. The predicted molar refractivity (Wildman–Crippen MR) is 116 cm³/mol. The Morgan fingerprint density at radius 1 is 1.07 bits per heavy atom. The molecule has 29 heavy (non-hydrogen) atoms. The van der Waals surface area contributed by atoms with Gasteiger partial charge in [0, 0.05) is 12.0 Å². The summed E-state index contributed by atoms with van der Waals surface area (Å²) in [6, 6.07) is 19.6. The zero-order chi connectivity index (χ0) is 20.9. The number of nitrogens with zero attached hydrogens (tertiary/aromatic N) is 2. The Labute approximate surface area is 170 Å². The molecule has 0 saturated heterocycles. The molecule has 3 rings (SSSR count). The van der Waals surface area contributed by atoms with Crippen LogP contribution in [0.3, 0.4) is 0 Å². The Bertz CT molecular complexity index is 1020. The predicted octanol–water partition coefficient (Wildman–Crippen LogP) is 4.27. The molecule has 0 amide bonds. The van der Waals surface area contributed by atoms with Crippen molar-refractivity contribution in [3.8, 4) is 11.3 Å². The van der Waals surface area contributed by atoms with Gasteiger partial charge in [-0.2, -0.15) is 0 Å². The van der Waals surface area contributed by atoms with E-state index in [4.69, 9.17) is 9.72 Å². The van der Waals surface area contributed by atoms with Gasteiger partial charge >= 0.3 is 5.97 Å². The van der Waals surface area contributed by atoms with Crippen LogP contribution in [0.25, 0.3) is 11.3 Å². The number of benzene rings is 2. The molecule has 0 bridgehead atoms. The maximum Gasteiger partial charge on any atom is 0.336 e. The summed E-state index contributed by atoms with van der Waals surface area (Å²) in [5.41, 5.74) is 3.40. The van der Waals surface area contributed by atoms with E-state index in [2.05, 4.69) is 10.3 Å². The summed E-state index contributed by atoms with van der Waals surface area (Å²) >= 11 is 0. The number of methoxy groups -OCH3 is 1. The number of hydrogen-bond donors (Lipinski definition) is 1. The number of anilines is 1. The molecule has 1 heterocycles. The number of esters is 1. The average molecular weight is 409 g/mol. The second-order valence-electron chi connectivity index (χ2n) is 7.08. The fourth-order valence-electron chi connectivity index (χ4n) is 2.92. The number of hydrogen-bond acceptors (Lipinski definition) is 6. The highest BCUT2D eigenvalue weighted by Gasteiger charge is 2.32. The molecule has 1 aromatic heterocycles. The van der Waals surface area contributed by atoms with E-state index in [0.717, 1.165) is 16.8 Å². The summed E-state index contributed by atoms with van der Waals surface area (Å²) < 4.78 is 17.5. The third kappa shape index (κ3) is 5.30. The Morgan fingerprint density at radius 3 is 2.28 bits per heavy atom. The first-order valence-corrected chi connectivity index (χ1v) is 11.9. The van der Waals surface area contributed by atoms with Gasteiger partial charge in [-0.1, -0.05) is 60.7 Å². The average Bonchev–Trinajstić information content (AvgIpc) is 2.72. The molecule has 1 atom stereocenters. The first kappa shape index (κ1) is 20.7. The smallest absolute Gasteiger partial charge is 0.336 e. The molecular weight excluding hydrogens is 385 g/mol. The number of ether oxygens (including phenoxy) is 1. The Kier molecular flexibility index (Phi) is 6.45. The minimum absolute atomic E-state index is 0.424. The number of carbonyl (C=O) groups excluding carboxylic acids is 1. The van der Waals surface area contributed by atoms with E-state index in [1.54, 1.807) is 19.5 Å². The first-order valence-electron chi connectivity index (χ1n) is 9.23. The van der Waals surface area contributed by atoms with E-state index >= 15 is 0 Å². The summed E-state index contributed by atoms with van der Waals surface area (Å²) in [6.45, 7) is 3.09. The fraction of sp³-hybridized carbons (Fsp3) is 0.227. The van der Waals surface area contributed by atoms with Crippen LogP contribution < -0.4 is 5.32 Å². The maximum absolute atomic E-state index is 12.7. The lowest BCUT2D eigenvalue weighted by molar-refractivity contribution is -0.139. The monoisotopic (exact) mass is 409 g/mol. The van der Waals surface area contributed by atoms with Gasteiger partial charge in [0.2, 0.25) is 0 Å². The Hall–Kier alpha value is -2.98. The van der Waals surface area contributed by atoms with Crippen LogP contribution >= 0.6 is 7.14 Å². The standard InChI is InChI=1S/C22H24N3O3P/c1-28-22(26)21(29(2,3)27)25-20-18(14-16-10-6-4-7-11-16)24-19(15-23-20)17-12-8-5-9-13-17/h4-13,15,21H,14H2,1-3H3,(H,23,25). The molecule has 0 aliphatic carbocycles. The van der Waals surface area contributed by atoms with Gasteiger partial charge in [0.05, 0.1) is 24.7 Å². The van der Waals surface area contributed by atoms with Gasteiger partial charge < -0.3 is 14.6 Å². The Morgan fingerprint density at radius 2 is 1.69 bits per heavy atom. The van der Waals surface area contributed by atoms with Gasteiger partial charge in [-0.15, -0.1) is 0 Å². The summed E-state index contributed by atoms with van der Waals surface area (Å²) in [4.78, 5) is 21.5. The quantitative estimate of drug-likeness (QED) is 0.464. The van der Waals surface area contributed by atoms with Crippen LogP contribution in [0.4, 0.5) is 5.82 Å². The van der Waals surface area contributed by atoms with Crippen LogP contribution in [0.2, 0.25) is 0 Å². The molecule has 1 N–H and O–H groups in total. The first-order chi connectivity index (χ1) is 13.9. The van der Waals surface area contributed by atoms with Crippen molar-refractivity contribution in [2.24, 2.45) is 0 Å². The zero-order valence-electron chi connectivity index (χ0n) is 16.7. The molecule has 150 valence electrons. The van der Waals surface area contributed by atoms with Crippen molar-refractivity contribution in [2.75, 3.05) is 25.8 Å². The summed E-state index contributed by atoms with van der Waals surface area (Å²) in [6.07, 6.45) is 2.17. The van der Waals surface area contributed by atoms with Gasteiger partial charge in [0.25, 0.3) is 0 Å². The van der Waals surface area contributed by atoms with Gasteiger partial charge in [-0.25, -0.2) is 14.8 Å². The van der Waals surface area contributed by atoms with E-state index in [-0.39, 0.29) is 0 Å². The van der Waals surface area contributed by atoms with Crippen LogP contribution in [0, 0.1) is 0 Å². The lowest BCUT2D eigenvalue weighted by atomic mass is 10.1. The largest absolute Gasteiger partial charge is 0.467 e. The maximum atomic E-state index is 12.7. The molecular formula is C22H24N3O3P. The summed E-state index contributed by atoms with van der Waals surface area (Å²) in [7, 11) is -1.56. The highest BCUT2D eigenvalue weighted by Crippen LogP contribution is 2.43. The number of carbonyl (C=O) groups is 1. The lowest BCUT2D eigenvalue weighted by Gasteiger charge is -2.22. The van der Waals surface area contributed by atoms with Crippen LogP contribution in [0.15, 0.2) is 66.9 Å². The van der Waals surface area contributed by atoms with E-state index in [1.165, 1.54) is 7.11 Å². The van der Waals surface area contributed by atoms with E-state index in [1.807, 2.05) is 60.7 Å². The molecule has 2 aromatic carbocycles. The summed E-state index contributed by atoms with van der Waals surface area (Å²) in [5.74, 6) is -1.15. The van der Waals surface area contributed by atoms with Gasteiger partial charge in [-0.05, 0) is 18.9 Å². The topological polar surface area (TPSA) is 81.2 Å². The lowest BCUT2D eigenvalue weighted by Crippen LogP contribution is -2.31. The molecule has 0 aliphatic heterocycles. The van der Waals surface area contributed by atoms with E-state index in [9.17, 15) is 9.36 Å². The zero-order valence-corrected chi connectivity index (χ0v) is 17.6. The summed E-state index contributed by atoms with van der Waals surface area (Å²) in [5, 5.41) is 3.03. The second-order valence-corrected chi connectivity index (χ2v) is 10.5. The van der Waals surface area contributed by atoms with Crippen LogP contribution in [0.1, 0.15) is 11.3 Å². The van der Waals surface area contributed by atoms with Crippen molar-refractivity contribution in [1.29, 1.82) is 0 Å². The highest BCUT2D eigenvalue weighted by atomic mass is 31.2. The van der Waals surface area contributed by atoms with Crippen molar-refractivity contribution < 1.29 is 14.1 Å². The molecule has 3 aromatic rings. The van der Waals surface area contributed by atoms with Gasteiger partial charge in [-0.3, -0.25) is 0 Å². The van der Waals surface area contributed by atoms with Crippen molar-refractivity contribution in [3.63, 3.8) is 0 Å². The van der Waals surface area contributed by atoms with E-state index < -0.39 is 18.9 Å². The molecule has 0 radical (unpaired) electrons. The van der Waals surface area contributed by atoms with Crippen LogP contribution in [-0.2, 0) is 20.5 Å². The molecule has 0 aliphatic rings. The minimum Gasteiger partial charge on any atom is -0.467 e. The molecule has 0 fully saturated rings. The molecule has 7 heteroatoms. The molecule has 0 saturated carbocycles. The van der Waals surface area contributed by atoms with Crippen molar-refractivity contribution in [2.45, 2.75) is 12.2 Å². The van der Waals surface area contributed by atoms with Crippen LogP contribution in [0.5, 0.6) is 0 Å². The highest BCUT2D eigenvalue weighted by molar-refractivity contribution is 7.64. The fourth-order valence-corrected chi connectivity index (χ4v) is 3.96. The van der Waals surface area contributed by atoms with Crippen molar-refractivity contribution in [1.82, 2.24) is 9.97 Å². The number of aromatic nitrogens is 2. The molecule has 0 spiro atoms. The van der Waals surface area contributed by atoms with Gasteiger partial charge in [0.1, 0.15) is 13.0 Å². The van der Waals surface area contributed by atoms with Gasteiger partial charge in [0.15, 0.2) is 5.78 Å². The van der Waals surface area contributed by atoms with Crippen molar-refractivity contribution in [3.05, 3.63) is 78.1 Å². The molecule has 1 unspecified atom stereocenters. The van der Waals surface area contributed by atoms with E-state index in [0.29, 0.717) is 17.9 Å². The Balaban J connectivity index is 2.03. The third-order valence-corrected chi connectivity index (χ3v) is 6.03. The molecule has 6 nitrogen and oxygen atoms in total. The number of nitrogens with one attached hydrogen (secondary N) is 1. The minimum atomic E-state index is -2.84. The van der Waals surface area contributed by atoms with Crippen LogP contribution in [-0.4, -0.2) is 42.2 Å². The second kappa shape index (κ2) is 9.01. The van der Waals surface area contributed by atoms with Crippen molar-refractivity contribution >= 4 is 18.9 Å². The third-order valence-electron chi connectivity index (χ3n) is 4.45. The number of rotatable bonds is 7. The normalized spacial score (nSPS) is 12.2.